The zero-order valence-corrected chi connectivity index (χ0v) is 13.9. The van der Waals surface area contributed by atoms with Crippen LogP contribution in [0.1, 0.15) is 0 Å². The van der Waals surface area contributed by atoms with Crippen molar-refractivity contribution < 1.29 is 13.3 Å². The lowest BCUT2D eigenvalue weighted by Crippen LogP contribution is -2.43. The molecule has 3 rings (SSSR count). The molecular weight excluding hydrogens is 348 g/mol. The summed E-state index contributed by atoms with van der Waals surface area (Å²) in [5, 5.41) is 14.3. The van der Waals surface area contributed by atoms with E-state index in [0.29, 0.717) is 5.82 Å². The van der Waals surface area contributed by atoms with E-state index in [0.717, 1.165) is 32.2 Å². The van der Waals surface area contributed by atoms with Crippen LogP contribution in [0.15, 0.2) is 41.6 Å². The molecule has 0 atom stereocenters. The van der Waals surface area contributed by atoms with E-state index in [1.54, 1.807) is 0 Å². The number of rotatable bonds is 5. The van der Waals surface area contributed by atoms with Gasteiger partial charge in [-0.1, -0.05) is 12.1 Å². The number of para-hydroxylation sites is 1. The van der Waals surface area contributed by atoms with Gasteiger partial charge in [0.2, 0.25) is 0 Å². The minimum Gasteiger partial charge on any atom is -0.354 e. The number of anilines is 2. The topological polar surface area (TPSA) is 130 Å². The van der Waals surface area contributed by atoms with Gasteiger partial charge in [-0.3, -0.25) is 14.8 Å². The highest BCUT2D eigenvalue weighted by molar-refractivity contribution is 7.92. The highest BCUT2D eigenvalue weighted by atomic mass is 32.2. The molecule has 0 aliphatic carbocycles. The normalized spacial score (nSPS) is 15.0. The van der Waals surface area contributed by atoms with E-state index in [1.807, 2.05) is 4.90 Å². The zero-order valence-electron chi connectivity index (χ0n) is 13.1. The standard InChI is InChI=1S/C14H16N6O4S/c21-20(22)11-3-1-2-4-12(11)25(23,24)18-13-9-14(17-10-16-13)19-7-5-15-6-8-19/h1-4,9-10,15H,5-8H2,(H,16,17,18). The summed E-state index contributed by atoms with van der Waals surface area (Å²) < 4.78 is 27.3. The third kappa shape index (κ3) is 3.83. The Kier molecular flexibility index (Phi) is 4.76. The number of sulfonamides is 1. The Morgan fingerprint density at radius 1 is 1.20 bits per heavy atom. The molecule has 1 aliphatic rings. The molecule has 1 saturated heterocycles. The van der Waals surface area contributed by atoms with Crippen LogP contribution in [0.5, 0.6) is 0 Å². The first kappa shape index (κ1) is 17.0. The van der Waals surface area contributed by atoms with Crippen molar-refractivity contribution >= 4 is 27.3 Å². The fraction of sp³-hybridized carbons (Fsp3) is 0.286. The van der Waals surface area contributed by atoms with Crippen LogP contribution >= 0.6 is 0 Å². The van der Waals surface area contributed by atoms with Crippen LogP contribution in [0.25, 0.3) is 0 Å². The number of hydrogen-bond acceptors (Lipinski definition) is 8. The van der Waals surface area contributed by atoms with Gasteiger partial charge in [0.05, 0.1) is 4.92 Å². The molecule has 0 bridgehead atoms. The van der Waals surface area contributed by atoms with Crippen LogP contribution in [0.4, 0.5) is 17.3 Å². The number of nitro benzene ring substituents is 1. The summed E-state index contributed by atoms with van der Waals surface area (Å²) in [6.07, 6.45) is 1.26. The van der Waals surface area contributed by atoms with Crippen LogP contribution in [0.3, 0.4) is 0 Å². The van der Waals surface area contributed by atoms with Gasteiger partial charge >= 0.3 is 0 Å². The molecule has 2 aromatic rings. The molecule has 1 aliphatic heterocycles. The van der Waals surface area contributed by atoms with E-state index in [2.05, 4.69) is 20.0 Å². The average Bonchev–Trinajstić information content (AvgIpc) is 2.62. The van der Waals surface area contributed by atoms with Crippen molar-refractivity contribution in [2.45, 2.75) is 4.90 Å². The van der Waals surface area contributed by atoms with Gasteiger partial charge in [-0.15, -0.1) is 0 Å². The van der Waals surface area contributed by atoms with Crippen LogP contribution in [-0.2, 0) is 10.0 Å². The quantitative estimate of drug-likeness (QED) is 0.582. The van der Waals surface area contributed by atoms with Gasteiger partial charge in [-0.05, 0) is 6.07 Å². The van der Waals surface area contributed by atoms with E-state index >= 15 is 0 Å². The molecule has 1 aromatic heterocycles. The lowest BCUT2D eigenvalue weighted by atomic mass is 10.3. The maximum atomic E-state index is 12.5. The summed E-state index contributed by atoms with van der Waals surface area (Å²) >= 11 is 0. The molecule has 0 saturated carbocycles. The second-order valence-corrected chi connectivity index (χ2v) is 6.98. The number of nitrogens with one attached hydrogen (secondary N) is 2. The second-order valence-electron chi connectivity index (χ2n) is 5.33. The van der Waals surface area contributed by atoms with Crippen molar-refractivity contribution in [2.75, 3.05) is 35.8 Å². The molecule has 0 radical (unpaired) electrons. The van der Waals surface area contributed by atoms with Crippen molar-refractivity contribution in [1.29, 1.82) is 0 Å². The number of benzene rings is 1. The summed E-state index contributed by atoms with van der Waals surface area (Å²) in [4.78, 5) is 20.0. The van der Waals surface area contributed by atoms with Crippen molar-refractivity contribution in [2.24, 2.45) is 0 Å². The van der Waals surface area contributed by atoms with Crippen molar-refractivity contribution in [3.63, 3.8) is 0 Å². The minimum atomic E-state index is -4.15. The van der Waals surface area contributed by atoms with E-state index < -0.39 is 25.5 Å². The Balaban J connectivity index is 1.88. The molecule has 0 spiro atoms. The zero-order chi connectivity index (χ0) is 17.9. The summed E-state index contributed by atoms with van der Waals surface area (Å²) in [5.74, 6) is 0.651. The Hall–Kier alpha value is -2.79. The number of piperazine rings is 1. The third-order valence-electron chi connectivity index (χ3n) is 3.68. The Labute approximate surface area is 144 Å². The molecule has 10 nitrogen and oxygen atoms in total. The maximum Gasteiger partial charge on any atom is 0.289 e. The van der Waals surface area contributed by atoms with E-state index in [9.17, 15) is 18.5 Å². The molecule has 1 fully saturated rings. The molecule has 11 heteroatoms. The average molecular weight is 364 g/mol. The Bertz CT molecular complexity index is 882. The van der Waals surface area contributed by atoms with Gasteiger partial charge in [-0.25, -0.2) is 18.4 Å². The predicted octanol–water partition coefficient (Wildman–Crippen LogP) is 0.595. The van der Waals surface area contributed by atoms with Gasteiger partial charge < -0.3 is 10.2 Å². The van der Waals surface area contributed by atoms with Gasteiger partial charge in [0.1, 0.15) is 18.0 Å². The first-order valence-corrected chi connectivity index (χ1v) is 8.99. The fourth-order valence-electron chi connectivity index (χ4n) is 2.50. The predicted molar refractivity (Wildman–Crippen MR) is 91.0 cm³/mol. The monoisotopic (exact) mass is 364 g/mol. The lowest BCUT2D eigenvalue weighted by Gasteiger charge is -2.28. The third-order valence-corrected chi connectivity index (χ3v) is 5.09. The summed E-state index contributed by atoms with van der Waals surface area (Å²) in [6, 6.07) is 6.66. The van der Waals surface area contributed by atoms with Crippen LogP contribution in [-0.4, -0.2) is 49.5 Å². The molecule has 25 heavy (non-hydrogen) atoms. The smallest absolute Gasteiger partial charge is 0.289 e. The fourth-order valence-corrected chi connectivity index (χ4v) is 3.67. The van der Waals surface area contributed by atoms with Crippen LogP contribution in [0, 0.1) is 10.1 Å². The SMILES string of the molecule is O=[N+]([O-])c1ccccc1S(=O)(=O)Nc1cc(N2CCNCC2)ncn1. The molecule has 2 heterocycles. The van der Waals surface area contributed by atoms with Crippen molar-refractivity contribution in [3.05, 3.63) is 46.8 Å². The van der Waals surface area contributed by atoms with Gasteiger partial charge in [-0.2, -0.15) is 0 Å². The number of aromatic nitrogens is 2. The van der Waals surface area contributed by atoms with Gasteiger partial charge in [0.25, 0.3) is 15.7 Å². The molecule has 2 N–H and O–H groups in total. The van der Waals surface area contributed by atoms with Crippen molar-refractivity contribution in [3.8, 4) is 0 Å². The summed E-state index contributed by atoms with van der Waals surface area (Å²) in [6.45, 7) is 3.10. The summed E-state index contributed by atoms with van der Waals surface area (Å²) in [7, 11) is -4.15. The highest BCUT2D eigenvalue weighted by Gasteiger charge is 2.26. The minimum absolute atomic E-state index is 0.0571. The molecule has 0 amide bonds. The van der Waals surface area contributed by atoms with Gasteiger partial charge in [0.15, 0.2) is 4.90 Å². The van der Waals surface area contributed by atoms with Crippen molar-refractivity contribution in [1.82, 2.24) is 15.3 Å². The number of nitro groups is 1. The van der Waals surface area contributed by atoms with E-state index in [1.165, 1.54) is 30.6 Å². The lowest BCUT2D eigenvalue weighted by molar-refractivity contribution is -0.387. The molecule has 132 valence electrons. The van der Waals surface area contributed by atoms with E-state index in [-0.39, 0.29) is 5.82 Å². The molecular formula is C14H16N6O4S. The van der Waals surface area contributed by atoms with Crippen LogP contribution in [0.2, 0.25) is 0 Å². The first-order valence-electron chi connectivity index (χ1n) is 7.51. The molecule has 0 unspecified atom stereocenters. The number of nitrogens with zero attached hydrogens (tertiary/aromatic N) is 4. The summed E-state index contributed by atoms with van der Waals surface area (Å²) in [5.41, 5.74) is -0.494. The Morgan fingerprint density at radius 3 is 2.64 bits per heavy atom. The first-order chi connectivity index (χ1) is 12.0. The Morgan fingerprint density at radius 2 is 1.92 bits per heavy atom. The second kappa shape index (κ2) is 6.99. The largest absolute Gasteiger partial charge is 0.354 e. The number of hydrogen-bond donors (Lipinski definition) is 2. The highest BCUT2D eigenvalue weighted by Crippen LogP contribution is 2.25. The van der Waals surface area contributed by atoms with E-state index in [4.69, 9.17) is 0 Å². The maximum absolute atomic E-state index is 12.5. The molecule has 1 aromatic carbocycles. The van der Waals surface area contributed by atoms with Crippen LogP contribution < -0.4 is 14.9 Å². The van der Waals surface area contributed by atoms with Gasteiger partial charge in [0, 0.05) is 38.3 Å².